The fourth-order valence-corrected chi connectivity index (χ4v) is 18.2. The average Bonchev–Trinajstić information content (AvgIpc) is 3.62. The van der Waals surface area contributed by atoms with E-state index in [4.69, 9.17) is 0 Å². The number of unbranched alkanes of at least 4 members (excludes halogenated alkanes) is 18. The molecular formula is C39H67S2Sn2. The summed E-state index contributed by atoms with van der Waals surface area (Å²) in [6, 6.07) is 5.43. The minimum atomic E-state index is -2.15. The SMILES string of the molecule is CCCCCCCCCCCCc1c2c[c]([Sn]([CH3])([CH3])[CH3])sc2c(CCCCCCCCCCCC)c2c[c]([Sn]([CH3])[CH3])sc12. The second-order valence-electron chi connectivity index (χ2n) is 14.8. The molecule has 0 atom stereocenters. The topological polar surface area (TPSA) is 0 Å². The molecule has 0 saturated carbocycles. The number of fused-ring (bicyclic) bond motifs is 2. The van der Waals surface area contributed by atoms with Crippen molar-refractivity contribution in [1.29, 1.82) is 0 Å². The van der Waals surface area contributed by atoms with Gasteiger partial charge in [-0.2, -0.15) is 0 Å². The molecule has 0 aliphatic rings. The zero-order chi connectivity index (χ0) is 31.1. The molecule has 1 radical (unpaired) electrons. The van der Waals surface area contributed by atoms with Gasteiger partial charge >= 0.3 is 237 Å². The van der Waals surface area contributed by atoms with Crippen LogP contribution in [0.2, 0.25) is 24.7 Å². The molecule has 4 heteroatoms. The van der Waals surface area contributed by atoms with Crippen molar-refractivity contribution in [3.8, 4) is 0 Å². The Kier molecular flexibility index (Phi) is 18.5. The quantitative estimate of drug-likeness (QED) is 0.0623. The monoisotopic (exact) mass is 839 g/mol. The Morgan fingerprint density at radius 1 is 0.512 bits per heavy atom. The first-order valence-electron chi connectivity index (χ1n) is 18.6. The molecule has 0 aliphatic carbocycles. The van der Waals surface area contributed by atoms with Crippen molar-refractivity contribution in [2.24, 2.45) is 0 Å². The van der Waals surface area contributed by atoms with Gasteiger partial charge in [-0.15, -0.1) is 0 Å². The van der Waals surface area contributed by atoms with Crippen LogP contribution in [0.4, 0.5) is 0 Å². The second-order valence-corrected chi connectivity index (χ2v) is 40.6. The van der Waals surface area contributed by atoms with Crippen LogP contribution in [0.3, 0.4) is 0 Å². The summed E-state index contributed by atoms with van der Waals surface area (Å²) < 4.78 is 6.99. The predicted octanol–water partition coefficient (Wildman–Crippen LogP) is 13.5. The number of thiophene rings is 2. The summed E-state index contributed by atoms with van der Waals surface area (Å²) in [5.74, 6) is 0. The Morgan fingerprint density at radius 3 is 1.28 bits per heavy atom. The molecule has 0 amide bonds. The van der Waals surface area contributed by atoms with Crippen LogP contribution in [-0.4, -0.2) is 38.1 Å². The van der Waals surface area contributed by atoms with Gasteiger partial charge in [0.2, 0.25) is 0 Å². The molecule has 0 spiro atoms. The fraction of sp³-hybridized carbons (Fsp3) is 0.744. The van der Waals surface area contributed by atoms with Gasteiger partial charge in [0.05, 0.1) is 0 Å². The van der Waals surface area contributed by atoms with Crippen LogP contribution in [0.15, 0.2) is 12.1 Å². The van der Waals surface area contributed by atoms with Gasteiger partial charge < -0.3 is 0 Å². The van der Waals surface area contributed by atoms with Crippen LogP contribution in [0.1, 0.15) is 153 Å². The molecule has 0 saturated heterocycles. The van der Waals surface area contributed by atoms with Crippen molar-refractivity contribution in [2.75, 3.05) is 0 Å². The zero-order valence-electron chi connectivity index (χ0n) is 29.5. The third-order valence-corrected chi connectivity index (χ3v) is 27.9. The molecule has 2 aromatic heterocycles. The Bertz CT molecular complexity index is 1100. The second kappa shape index (κ2) is 20.9. The molecule has 0 fully saturated rings. The van der Waals surface area contributed by atoms with Gasteiger partial charge in [-0.1, -0.05) is 52.4 Å². The van der Waals surface area contributed by atoms with Crippen LogP contribution in [0.25, 0.3) is 20.2 Å². The third kappa shape index (κ3) is 12.7. The Morgan fingerprint density at radius 2 is 0.884 bits per heavy atom. The maximum atomic E-state index is 2.72. The summed E-state index contributed by atoms with van der Waals surface area (Å²) in [5, 5.41) is 3.37. The summed E-state index contributed by atoms with van der Waals surface area (Å²) >= 11 is 0.898. The first-order chi connectivity index (χ1) is 20.8. The van der Waals surface area contributed by atoms with E-state index in [2.05, 4.69) is 73.4 Å². The van der Waals surface area contributed by atoms with Crippen molar-refractivity contribution in [1.82, 2.24) is 0 Å². The van der Waals surface area contributed by atoms with Crippen molar-refractivity contribution < 1.29 is 0 Å². The average molecular weight is 838 g/mol. The van der Waals surface area contributed by atoms with Gasteiger partial charge in [-0.3, -0.25) is 0 Å². The summed E-state index contributed by atoms with van der Waals surface area (Å²) in [6.45, 7) is 4.64. The van der Waals surface area contributed by atoms with Crippen LogP contribution >= 0.6 is 22.7 Å². The first kappa shape index (κ1) is 38.2. The Labute approximate surface area is 287 Å². The van der Waals surface area contributed by atoms with Gasteiger partial charge in [0, 0.05) is 0 Å². The molecule has 3 rings (SSSR count). The molecule has 0 aliphatic heterocycles. The first-order valence-corrected chi connectivity index (χ1v) is 37.4. The Balaban J connectivity index is 1.71. The van der Waals surface area contributed by atoms with Gasteiger partial charge in [-0.05, 0) is 0 Å². The molecule has 0 N–H and O–H groups in total. The molecule has 0 nitrogen and oxygen atoms in total. The molecule has 3 aromatic rings. The van der Waals surface area contributed by atoms with Crippen LogP contribution < -0.4 is 5.79 Å². The minimum absolute atomic E-state index is 1.30. The summed E-state index contributed by atoms with van der Waals surface area (Å²) in [6.07, 6.45) is 31.1. The van der Waals surface area contributed by atoms with Gasteiger partial charge in [-0.25, -0.2) is 0 Å². The van der Waals surface area contributed by atoms with E-state index in [0.717, 1.165) is 0 Å². The van der Waals surface area contributed by atoms with E-state index in [1.165, 1.54) is 141 Å². The number of aryl methyl sites for hydroxylation is 2. The molecule has 1 aromatic carbocycles. The molecule has 43 heavy (non-hydrogen) atoms. The molecular weight excluding hydrogens is 770 g/mol. The molecule has 0 unspecified atom stereocenters. The number of benzene rings is 1. The fourth-order valence-electron chi connectivity index (χ4n) is 6.61. The van der Waals surface area contributed by atoms with Crippen LogP contribution in [-0.2, 0) is 12.8 Å². The molecule has 2 heterocycles. The van der Waals surface area contributed by atoms with Gasteiger partial charge in [0.1, 0.15) is 0 Å². The van der Waals surface area contributed by atoms with E-state index in [1.807, 2.05) is 0 Å². The number of rotatable bonds is 24. The summed E-state index contributed by atoms with van der Waals surface area (Å²) in [5.41, 5.74) is 3.49. The van der Waals surface area contributed by atoms with E-state index in [0.29, 0.717) is 0 Å². The van der Waals surface area contributed by atoms with Gasteiger partial charge in [0.15, 0.2) is 0 Å². The van der Waals surface area contributed by atoms with E-state index in [-0.39, 0.29) is 0 Å². The van der Waals surface area contributed by atoms with E-state index in [9.17, 15) is 0 Å². The van der Waals surface area contributed by atoms with Crippen molar-refractivity contribution >= 4 is 86.8 Å². The van der Waals surface area contributed by atoms with Crippen molar-refractivity contribution in [3.63, 3.8) is 0 Å². The molecule has 243 valence electrons. The molecule has 0 bridgehead atoms. The zero-order valence-corrected chi connectivity index (χ0v) is 36.9. The normalized spacial score (nSPS) is 12.5. The summed E-state index contributed by atoms with van der Waals surface area (Å²) in [7, 11) is 0. The van der Waals surface area contributed by atoms with Crippen molar-refractivity contribution in [2.45, 2.75) is 180 Å². The third-order valence-electron chi connectivity index (χ3n) is 9.46. The van der Waals surface area contributed by atoms with E-state index in [1.54, 1.807) is 37.1 Å². The maximum absolute atomic E-state index is 2.72. The number of hydrogen-bond acceptors (Lipinski definition) is 2. The summed E-state index contributed by atoms with van der Waals surface area (Å²) in [4.78, 5) is 13.0. The predicted molar refractivity (Wildman–Crippen MR) is 208 cm³/mol. The number of hydrogen-bond donors (Lipinski definition) is 0. The van der Waals surface area contributed by atoms with Crippen LogP contribution in [0, 0.1) is 0 Å². The van der Waals surface area contributed by atoms with E-state index >= 15 is 0 Å². The van der Waals surface area contributed by atoms with Crippen molar-refractivity contribution in [3.05, 3.63) is 23.3 Å². The van der Waals surface area contributed by atoms with Crippen LogP contribution in [0.5, 0.6) is 0 Å². The van der Waals surface area contributed by atoms with E-state index < -0.39 is 38.1 Å². The van der Waals surface area contributed by atoms with Gasteiger partial charge in [0.25, 0.3) is 0 Å². The standard InChI is InChI=1S/C34H52S2.5CH3.2Sn/c1-3-5-7-9-11-13-15-17-19-21-23-29-31-25-27-36-34(31)30(32-26-28-35-33(29)32)24-22-20-18-16-14-12-10-8-6-4-2;;;;;;;/h25-26H,3-24H2,1-2H3;5*1H3;;. The Hall–Kier alpha value is 0.737.